The third-order valence-electron chi connectivity index (χ3n) is 14.0. The first-order valence-electron chi connectivity index (χ1n) is 22.5. The molecule has 0 bridgehead atoms. The van der Waals surface area contributed by atoms with Crippen LogP contribution in [0.1, 0.15) is 55.6 Å². The molecule has 4 rings (SSSR count). The van der Waals surface area contributed by atoms with Crippen molar-refractivity contribution in [2.75, 3.05) is 0 Å². The van der Waals surface area contributed by atoms with Gasteiger partial charge in [-0.25, -0.2) is 0 Å². The summed E-state index contributed by atoms with van der Waals surface area (Å²) in [5.74, 6) is 0. The van der Waals surface area contributed by atoms with Gasteiger partial charge in [-0.05, 0) is 41.5 Å². The molecule has 0 unspecified atom stereocenters. The zero-order valence-electron chi connectivity index (χ0n) is 44.9. The standard InChI is InChI=1S/C51H87Si7.3ClH.Ti/c1-32-29-42(52(11,12)13)39(8)49(45(32)55(20,21)22)58(48-37(6)35(4)36(5)38(48)7,50-40(9)43(53(14,15)16)30-33(2)46(50)56(23,24)25)51-41(10)44(54(17,18)19)31-34(3)47(51)57(26,27)28;;;;/h29-31H,1-28H3;3*1H;/q-1;;;;+4/p-3. The average molecular weight is 1050 g/mol. The molecule has 0 saturated heterocycles. The second kappa shape index (κ2) is 20.0. The van der Waals surface area contributed by atoms with Crippen molar-refractivity contribution in [3.8, 4) is 0 Å². The number of hydrogen-bond acceptors (Lipinski definition) is 0. The maximum atomic E-state index is 2.71. The fourth-order valence-electron chi connectivity index (χ4n) is 11.9. The molecule has 0 N–H and O–H groups in total. The summed E-state index contributed by atoms with van der Waals surface area (Å²) in [7, 11) is -14.6. The van der Waals surface area contributed by atoms with E-state index in [-0.39, 0.29) is 58.9 Å². The van der Waals surface area contributed by atoms with Crippen molar-refractivity contribution in [3.63, 3.8) is 0 Å². The SMILES string of the molecule is Cc1cc([Si](C)(C)C)c(C)c([Si](c2c(C)c([Si](C)(C)C)cc(C)c2[Si](C)(C)C)(c2c(C)c([Si](C)(C)C)cc(C)c2[Si](C)(C)C)[c-]2c(C)c(C)c(C)c2C)c1[Si](C)(C)C.[Cl-].[Cl-].[Cl-].[Ti+4]. The molecular formula is C51H87Cl3Si7Ti. The van der Waals surface area contributed by atoms with Crippen LogP contribution in [0.2, 0.25) is 118 Å². The normalized spacial score (nSPS) is 13.0. The largest absolute Gasteiger partial charge is 4.00 e. The van der Waals surface area contributed by atoms with E-state index in [0.29, 0.717) is 0 Å². The van der Waals surface area contributed by atoms with Gasteiger partial charge in [-0.2, -0.15) is 22.3 Å². The van der Waals surface area contributed by atoms with E-state index in [1.807, 2.05) is 15.6 Å². The Morgan fingerprint density at radius 1 is 0.290 bits per heavy atom. The van der Waals surface area contributed by atoms with Crippen molar-refractivity contribution in [1.82, 2.24) is 0 Å². The number of rotatable bonds is 10. The molecule has 0 atom stereocenters. The van der Waals surface area contributed by atoms with E-state index in [1.165, 1.54) is 11.1 Å². The van der Waals surface area contributed by atoms with Gasteiger partial charge in [0.25, 0.3) is 0 Å². The summed E-state index contributed by atoms with van der Waals surface area (Å²) in [6.07, 6.45) is 0. The monoisotopic (exact) mass is 1050 g/mol. The van der Waals surface area contributed by atoms with E-state index in [9.17, 15) is 0 Å². The van der Waals surface area contributed by atoms with Crippen LogP contribution in [0.4, 0.5) is 0 Å². The molecule has 11 heteroatoms. The molecule has 0 aromatic heterocycles. The van der Waals surface area contributed by atoms with Gasteiger partial charge in [-0.3, -0.25) is 0 Å². The first-order chi connectivity index (χ1) is 25.8. The average Bonchev–Trinajstić information content (AvgIpc) is 3.20. The van der Waals surface area contributed by atoms with Gasteiger partial charge < -0.3 is 37.2 Å². The Morgan fingerprint density at radius 3 is 0.645 bits per heavy atom. The van der Waals surface area contributed by atoms with Crippen LogP contribution in [-0.4, -0.2) is 56.5 Å². The van der Waals surface area contributed by atoms with Crippen molar-refractivity contribution in [2.45, 2.75) is 187 Å². The molecule has 0 spiro atoms. The summed E-state index contributed by atoms with van der Waals surface area (Å²) in [5, 5.41) is 17.6. The van der Waals surface area contributed by atoms with Gasteiger partial charge in [0.1, 0.15) is 8.07 Å². The van der Waals surface area contributed by atoms with Gasteiger partial charge in [0, 0.05) is 0 Å². The molecule has 62 heavy (non-hydrogen) atoms. The topological polar surface area (TPSA) is 0 Å². The van der Waals surface area contributed by atoms with Crippen LogP contribution in [-0.2, 0) is 21.7 Å². The Hall–Kier alpha value is 0.112. The summed E-state index contributed by atoms with van der Waals surface area (Å²) in [6, 6.07) is 8.14. The van der Waals surface area contributed by atoms with Gasteiger partial charge in [0.15, 0.2) is 0 Å². The molecule has 4 aromatic rings. The summed E-state index contributed by atoms with van der Waals surface area (Å²) in [5.41, 5.74) is 15.9. The molecule has 0 aliphatic rings. The predicted molar refractivity (Wildman–Crippen MR) is 291 cm³/mol. The molecule has 0 aliphatic heterocycles. The van der Waals surface area contributed by atoms with Crippen LogP contribution in [0.5, 0.6) is 0 Å². The molecule has 344 valence electrons. The second-order valence-corrected chi connectivity index (χ2v) is 58.6. The Morgan fingerprint density at radius 2 is 0.484 bits per heavy atom. The molecule has 0 aliphatic carbocycles. The molecule has 0 fully saturated rings. The van der Waals surface area contributed by atoms with Crippen LogP contribution in [0.25, 0.3) is 0 Å². The fourth-order valence-corrected chi connectivity index (χ4v) is 36.4. The van der Waals surface area contributed by atoms with E-state index in [0.717, 1.165) is 0 Å². The maximum Gasteiger partial charge on any atom is 4.00 e. The summed E-state index contributed by atoms with van der Waals surface area (Å²) >= 11 is 0. The Balaban J connectivity index is 0.00000930. The van der Waals surface area contributed by atoms with Crippen LogP contribution in [0.15, 0.2) is 18.2 Å². The fraction of sp³-hybridized carbons (Fsp3) is 0.549. The maximum absolute atomic E-state index is 3.25. The Bertz CT molecular complexity index is 2060. The molecule has 4 aromatic carbocycles. The predicted octanol–water partition coefficient (Wildman–Crippen LogP) is 0.148. The van der Waals surface area contributed by atoms with E-state index in [4.69, 9.17) is 0 Å². The summed E-state index contributed by atoms with van der Waals surface area (Å²) < 4.78 is 0. The van der Waals surface area contributed by atoms with Gasteiger partial charge in [-0.15, -0.1) is 5.19 Å². The van der Waals surface area contributed by atoms with Crippen molar-refractivity contribution in [1.29, 1.82) is 0 Å². The second-order valence-electron chi connectivity index (χ2n) is 25.0. The smallest absolute Gasteiger partial charge is 1.00 e. The van der Waals surface area contributed by atoms with Crippen LogP contribution in [0, 0.1) is 69.2 Å². The Kier molecular flexibility index (Phi) is 20.0. The zero-order valence-corrected chi connectivity index (χ0v) is 55.7. The van der Waals surface area contributed by atoms with Gasteiger partial charge in [0.2, 0.25) is 0 Å². The molecule has 0 heterocycles. The molecule has 0 amide bonds. The number of halogens is 3. The Labute approximate surface area is 424 Å². The molecule has 0 nitrogen and oxygen atoms in total. The molecular weight excluding hydrogens is 963 g/mol. The van der Waals surface area contributed by atoms with E-state index in [2.05, 4.69) is 205 Å². The van der Waals surface area contributed by atoms with Gasteiger partial charge >= 0.3 is 21.7 Å². The number of hydrogen-bond donors (Lipinski definition) is 0. The number of benzene rings is 3. The quantitative estimate of drug-likeness (QED) is 0.121. The van der Waals surface area contributed by atoms with Crippen molar-refractivity contribution in [2.24, 2.45) is 0 Å². The molecule has 0 saturated carbocycles. The van der Waals surface area contributed by atoms with Gasteiger partial charge in [-0.1, -0.05) is 244 Å². The van der Waals surface area contributed by atoms with Crippen molar-refractivity contribution in [3.05, 3.63) is 73.8 Å². The molecule has 0 radical (unpaired) electrons. The zero-order chi connectivity index (χ0) is 45.2. The van der Waals surface area contributed by atoms with E-state index >= 15 is 0 Å². The third kappa shape index (κ3) is 10.7. The minimum Gasteiger partial charge on any atom is -1.00 e. The van der Waals surface area contributed by atoms with Crippen LogP contribution < -0.4 is 89.1 Å². The first-order valence-corrected chi connectivity index (χ1v) is 45.5. The third-order valence-corrected chi connectivity index (χ3v) is 33.2. The first kappa shape index (κ1) is 62.1. The van der Waals surface area contributed by atoms with Crippen molar-refractivity contribution < 1.29 is 58.9 Å². The van der Waals surface area contributed by atoms with Crippen LogP contribution >= 0.6 is 0 Å². The van der Waals surface area contributed by atoms with E-state index < -0.39 is 56.5 Å². The number of aryl methyl sites for hydroxylation is 3. The van der Waals surface area contributed by atoms with Crippen LogP contribution in [0.3, 0.4) is 0 Å². The van der Waals surface area contributed by atoms with E-state index in [1.54, 1.807) is 80.8 Å². The van der Waals surface area contributed by atoms with Gasteiger partial charge in [0.05, 0.1) is 48.4 Å². The van der Waals surface area contributed by atoms with Crippen molar-refractivity contribution >= 4 is 108 Å². The summed E-state index contributed by atoms with van der Waals surface area (Å²) in [4.78, 5) is 0. The minimum absolute atomic E-state index is 0. The summed E-state index contributed by atoms with van der Waals surface area (Å²) in [6.45, 7) is 73.2. The minimum atomic E-state index is -3.25.